The van der Waals surface area contributed by atoms with Gasteiger partial charge in [0, 0.05) is 25.6 Å². The number of nitrogens with one attached hydrogen (secondary N) is 1. The van der Waals surface area contributed by atoms with Crippen LogP contribution in [-0.4, -0.2) is 42.3 Å². The van der Waals surface area contributed by atoms with Crippen LogP contribution in [0.5, 0.6) is 0 Å². The van der Waals surface area contributed by atoms with E-state index in [2.05, 4.69) is 17.5 Å². The zero-order valence-corrected chi connectivity index (χ0v) is 12.1. The molecule has 0 aromatic carbocycles. The maximum absolute atomic E-state index is 12.4. The van der Waals surface area contributed by atoms with Crippen LogP contribution in [0.25, 0.3) is 0 Å². The summed E-state index contributed by atoms with van der Waals surface area (Å²) in [5.74, 6) is -0.391. The molecule has 2 bridgehead atoms. The van der Waals surface area contributed by atoms with Crippen molar-refractivity contribution in [3.05, 3.63) is 12.2 Å². The monoisotopic (exact) mass is 291 g/mol. The normalized spacial score (nSPS) is 34.5. The van der Waals surface area contributed by atoms with E-state index in [1.807, 2.05) is 0 Å². The summed E-state index contributed by atoms with van der Waals surface area (Å²) in [5, 5.41) is 2.72. The lowest BCUT2D eigenvalue weighted by Gasteiger charge is -2.18. The first-order valence-electron chi connectivity index (χ1n) is 7.56. The number of carbonyl (C=O) groups is 3. The van der Waals surface area contributed by atoms with E-state index in [4.69, 9.17) is 5.73 Å². The first-order valence-corrected chi connectivity index (χ1v) is 7.56. The second kappa shape index (κ2) is 5.26. The van der Waals surface area contributed by atoms with Crippen LogP contribution in [0.4, 0.5) is 0 Å². The molecule has 1 saturated heterocycles. The van der Waals surface area contributed by atoms with E-state index >= 15 is 0 Å². The van der Waals surface area contributed by atoms with Crippen LogP contribution in [0.1, 0.15) is 13.3 Å². The molecule has 1 saturated carbocycles. The Morgan fingerprint density at radius 2 is 1.90 bits per heavy atom. The van der Waals surface area contributed by atoms with Crippen molar-refractivity contribution >= 4 is 17.7 Å². The van der Waals surface area contributed by atoms with Gasteiger partial charge in [0.15, 0.2) is 0 Å². The zero-order chi connectivity index (χ0) is 15.1. The summed E-state index contributed by atoms with van der Waals surface area (Å²) in [6.45, 7) is 2.58. The summed E-state index contributed by atoms with van der Waals surface area (Å²) in [5.41, 5.74) is 5.42. The van der Waals surface area contributed by atoms with Gasteiger partial charge in [-0.15, -0.1) is 0 Å². The molecule has 3 rings (SSSR count). The fraction of sp³-hybridized carbons (Fsp3) is 0.667. The molecule has 5 unspecified atom stereocenters. The van der Waals surface area contributed by atoms with Gasteiger partial charge in [-0.1, -0.05) is 19.1 Å². The largest absolute Gasteiger partial charge is 0.354 e. The van der Waals surface area contributed by atoms with E-state index in [-0.39, 0.29) is 60.4 Å². The average molecular weight is 291 g/mol. The molecule has 3 aliphatic rings. The number of amides is 3. The Hall–Kier alpha value is -1.69. The number of imide groups is 1. The fourth-order valence-electron chi connectivity index (χ4n) is 3.76. The lowest BCUT2D eigenvalue weighted by molar-refractivity contribution is -0.141. The number of allylic oxidation sites excluding steroid dienone is 2. The summed E-state index contributed by atoms with van der Waals surface area (Å²) in [7, 11) is 0. The molecule has 2 aliphatic carbocycles. The third-order valence-electron chi connectivity index (χ3n) is 5.00. The molecule has 114 valence electrons. The number of fused-ring (bicyclic) bond motifs is 5. The molecule has 0 radical (unpaired) electrons. The van der Waals surface area contributed by atoms with E-state index in [1.165, 1.54) is 4.90 Å². The second-order valence-electron chi connectivity index (χ2n) is 6.26. The molecule has 5 atom stereocenters. The third-order valence-corrected chi connectivity index (χ3v) is 5.00. The number of hydrogen-bond acceptors (Lipinski definition) is 4. The maximum Gasteiger partial charge on any atom is 0.233 e. The van der Waals surface area contributed by atoms with E-state index in [0.29, 0.717) is 6.54 Å². The van der Waals surface area contributed by atoms with Gasteiger partial charge in [0.05, 0.1) is 11.8 Å². The van der Waals surface area contributed by atoms with E-state index in [0.717, 1.165) is 6.42 Å². The topological polar surface area (TPSA) is 92.5 Å². The number of carbonyl (C=O) groups excluding carboxylic acids is 3. The highest BCUT2D eigenvalue weighted by molar-refractivity contribution is 6.06. The van der Waals surface area contributed by atoms with Gasteiger partial charge < -0.3 is 11.1 Å². The number of rotatable bonds is 5. The van der Waals surface area contributed by atoms with Crippen molar-refractivity contribution in [3.63, 3.8) is 0 Å². The number of nitrogens with two attached hydrogens (primary N) is 1. The lowest BCUT2D eigenvalue weighted by atomic mass is 9.85. The molecule has 0 spiro atoms. The van der Waals surface area contributed by atoms with Crippen molar-refractivity contribution in [1.29, 1.82) is 0 Å². The van der Waals surface area contributed by atoms with Gasteiger partial charge in [-0.25, -0.2) is 0 Å². The minimum Gasteiger partial charge on any atom is -0.354 e. The highest BCUT2D eigenvalue weighted by atomic mass is 16.2. The lowest BCUT2D eigenvalue weighted by Crippen LogP contribution is -2.41. The first kappa shape index (κ1) is 14.3. The van der Waals surface area contributed by atoms with Crippen LogP contribution in [-0.2, 0) is 14.4 Å². The predicted octanol–water partition coefficient (Wildman–Crippen LogP) is -0.495. The van der Waals surface area contributed by atoms with Gasteiger partial charge in [0.1, 0.15) is 0 Å². The molecule has 3 N–H and O–H groups in total. The molecular formula is C15H21N3O3. The van der Waals surface area contributed by atoms with Gasteiger partial charge in [0.2, 0.25) is 17.7 Å². The quantitative estimate of drug-likeness (QED) is 0.528. The molecular weight excluding hydrogens is 270 g/mol. The van der Waals surface area contributed by atoms with Crippen LogP contribution < -0.4 is 11.1 Å². The van der Waals surface area contributed by atoms with Crippen molar-refractivity contribution in [1.82, 2.24) is 10.2 Å². The first-order chi connectivity index (χ1) is 10.0. The molecule has 0 aromatic heterocycles. The molecule has 1 heterocycles. The number of likely N-dealkylation sites (tertiary alicyclic amines) is 1. The molecule has 21 heavy (non-hydrogen) atoms. The molecule has 2 fully saturated rings. The van der Waals surface area contributed by atoms with Gasteiger partial charge in [-0.05, 0) is 18.3 Å². The molecule has 3 amide bonds. The summed E-state index contributed by atoms with van der Waals surface area (Å²) < 4.78 is 0. The van der Waals surface area contributed by atoms with Gasteiger partial charge in [0.25, 0.3) is 0 Å². The Morgan fingerprint density at radius 3 is 2.43 bits per heavy atom. The van der Waals surface area contributed by atoms with Gasteiger partial charge >= 0.3 is 0 Å². The van der Waals surface area contributed by atoms with Crippen molar-refractivity contribution in [3.8, 4) is 0 Å². The van der Waals surface area contributed by atoms with E-state index in [9.17, 15) is 14.4 Å². The predicted molar refractivity (Wildman–Crippen MR) is 75.7 cm³/mol. The van der Waals surface area contributed by atoms with Crippen LogP contribution >= 0.6 is 0 Å². The van der Waals surface area contributed by atoms with Crippen molar-refractivity contribution in [2.75, 3.05) is 19.6 Å². The van der Waals surface area contributed by atoms with Crippen molar-refractivity contribution in [2.45, 2.75) is 13.3 Å². The summed E-state index contributed by atoms with van der Waals surface area (Å²) in [4.78, 5) is 37.7. The summed E-state index contributed by atoms with van der Waals surface area (Å²) in [6.07, 6.45) is 5.09. The van der Waals surface area contributed by atoms with Gasteiger partial charge in [-0.3, -0.25) is 19.3 Å². The Morgan fingerprint density at radius 1 is 1.33 bits per heavy atom. The summed E-state index contributed by atoms with van der Waals surface area (Å²) in [6, 6.07) is 0. The van der Waals surface area contributed by atoms with Gasteiger partial charge in [-0.2, -0.15) is 0 Å². The Balaban J connectivity index is 1.57. The van der Waals surface area contributed by atoms with E-state index in [1.54, 1.807) is 6.92 Å². The molecule has 6 nitrogen and oxygen atoms in total. The number of hydrogen-bond donors (Lipinski definition) is 2. The Labute approximate surface area is 123 Å². The molecule has 1 aliphatic heterocycles. The standard InChI is InChI=1S/C15H21N3O3/c1-8(7-16)13(19)17-4-5-18-14(20)11-9-2-3-10(6-9)12(11)15(18)21/h2-3,8-12H,4-7,16H2,1H3,(H,17,19). The zero-order valence-electron chi connectivity index (χ0n) is 12.1. The number of nitrogens with zero attached hydrogens (tertiary/aromatic N) is 1. The average Bonchev–Trinajstić information content (AvgIpc) is 3.15. The van der Waals surface area contributed by atoms with Crippen LogP contribution in [0.2, 0.25) is 0 Å². The van der Waals surface area contributed by atoms with Crippen LogP contribution in [0.15, 0.2) is 12.2 Å². The summed E-state index contributed by atoms with van der Waals surface area (Å²) >= 11 is 0. The maximum atomic E-state index is 12.4. The molecule has 0 aromatic rings. The minimum atomic E-state index is -0.255. The van der Waals surface area contributed by atoms with Crippen LogP contribution in [0, 0.1) is 29.6 Å². The second-order valence-corrected chi connectivity index (χ2v) is 6.26. The SMILES string of the molecule is CC(CN)C(=O)NCCN1C(=O)C2C3C=CC(C3)C2C1=O. The van der Waals surface area contributed by atoms with Crippen molar-refractivity contribution in [2.24, 2.45) is 35.3 Å². The highest BCUT2D eigenvalue weighted by Crippen LogP contribution is 2.52. The Kier molecular flexibility index (Phi) is 3.57. The Bertz CT molecular complexity index is 486. The van der Waals surface area contributed by atoms with Crippen molar-refractivity contribution < 1.29 is 14.4 Å². The third kappa shape index (κ3) is 2.18. The fourth-order valence-corrected chi connectivity index (χ4v) is 3.76. The highest BCUT2D eigenvalue weighted by Gasteiger charge is 2.58. The molecule has 6 heteroatoms. The smallest absolute Gasteiger partial charge is 0.233 e. The minimum absolute atomic E-state index is 0.0667. The van der Waals surface area contributed by atoms with Crippen LogP contribution in [0.3, 0.4) is 0 Å². The van der Waals surface area contributed by atoms with E-state index < -0.39 is 0 Å².